The Kier molecular flexibility index (Phi) is 5.93. The van der Waals surface area contributed by atoms with Gasteiger partial charge in [-0.2, -0.15) is 4.31 Å². The Labute approximate surface area is 170 Å². The first kappa shape index (κ1) is 21.2. The van der Waals surface area contributed by atoms with Gasteiger partial charge < -0.3 is 10.1 Å². The summed E-state index contributed by atoms with van der Waals surface area (Å²) in [6.45, 7) is 6.84. The summed E-state index contributed by atoms with van der Waals surface area (Å²) in [5.74, 6) is 0. The standard InChI is InChI=1S/C22H26N2O4S/c1-14-5-6-20-18(11-14)12-19(22(26)23-20)13-24(7-8-25)29(27,28)21-16(3)9-15(2)10-17(21)4/h5-6,9-12,25H,7-8,13H2,1-4H3,(H,23,26). The van der Waals surface area contributed by atoms with Crippen molar-refractivity contribution in [3.05, 3.63) is 74.6 Å². The fourth-order valence-corrected chi connectivity index (χ4v) is 5.60. The second kappa shape index (κ2) is 8.10. The van der Waals surface area contributed by atoms with E-state index in [9.17, 15) is 18.3 Å². The number of aromatic amines is 1. The fourth-order valence-electron chi connectivity index (χ4n) is 3.78. The molecule has 2 N–H and O–H groups in total. The van der Waals surface area contributed by atoms with Crippen molar-refractivity contribution in [2.24, 2.45) is 0 Å². The van der Waals surface area contributed by atoms with Gasteiger partial charge in [0.2, 0.25) is 10.0 Å². The van der Waals surface area contributed by atoms with Gasteiger partial charge in [-0.15, -0.1) is 0 Å². The highest BCUT2D eigenvalue weighted by atomic mass is 32.2. The second-order valence-electron chi connectivity index (χ2n) is 7.50. The Morgan fingerprint density at radius 3 is 2.24 bits per heavy atom. The Balaban J connectivity index is 2.08. The lowest BCUT2D eigenvalue weighted by Gasteiger charge is -2.23. The minimum atomic E-state index is -3.90. The largest absolute Gasteiger partial charge is 0.395 e. The van der Waals surface area contributed by atoms with E-state index in [4.69, 9.17) is 0 Å². The van der Waals surface area contributed by atoms with Crippen LogP contribution >= 0.6 is 0 Å². The first-order chi connectivity index (χ1) is 13.6. The van der Waals surface area contributed by atoms with Gasteiger partial charge in [-0.3, -0.25) is 4.79 Å². The molecule has 0 saturated heterocycles. The SMILES string of the molecule is Cc1cc(C)c(S(=O)(=O)N(CCO)Cc2cc3cc(C)ccc3[nH]c2=O)c(C)c1. The number of aliphatic hydroxyl groups is 1. The van der Waals surface area contributed by atoms with E-state index in [1.54, 1.807) is 19.9 Å². The molecular formula is C22H26N2O4S. The van der Waals surface area contributed by atoms with Gasteiger partial charge in [0.1, 0.15) is 0 Å². The summed E-state index contributed by atoms with van der Waals surface area (Å²) in [5, 5.41) is 10.3. The highest BCUT2D eigenvalue weighted by Gasteiger charge is 2.28. The number of nitrogens with one attached hydrogen (secondary N) is 1. The monoisotopic (exact) mass is 414 g/mol. The van der Waals surface area contributed by atoms with Crippen molar-refractivity contribution in [3.63, 3.8) is 0 Å². The van der Waals surface area contributed by atoms with Gasteiger partial charge in [0.15, 0.2) is 0 Å². The van der Waals surface area contributed by atoms with Gasteiger partial charge in [-0.05, 0) is 62.4 Å². The molecule has 0 aliphatic carbocycles. The minimum absolute atomic E-state index is 0.0968. The highest BCUT2D eigenvalue weighted by molar-refractivity contribution is 7.89. The smallest absolute Gasteiger partial charge is 0.252 e. The third-order valence-corrected chi connectivity index (χ3v) is 7.13. The Hall–Kier alpha value is -2.48. The summed E-state index contributed by atoms with van der Waals surface area (Å²) in [7, 11) is -3.90. The van der Waals surface area contributed by atoms with E-state index in [0.717, 1.165) is 16.5 Å². The van der Waals surface area contributed by atoms with Crippen molar-refractivity contribution < 1.29 is 13.5 Å². The Morgan fingerprint density at radius 1 is 0.966 bits per heavy atom. The van der Waals surface area contributed by atoms with E-state index in [0.29, 0.717) is 22.2 Å². The molecule has 0 aliphatic rings. The molecule has 0 aliphatic heterocycles. The van der Waals surface area contributed by atoms with Crippen molar-refractivity contribution in [3.8, 4) is 0 Å². The summed E-state index contributed by atoms with van der Waals surface area (Å²) >= 11 is 0. The van der Waals surface area contributed by atoms with Gasteiger partial charge >= 0.3 is 0 Å². The number of hydrogen-bond donors (Lipinski definition) is 2. The van der Waals surface area contributed by atoms with E-state index in [1.165, 1.54) is 4.31 Å². The van der Waals surface area contributed by atoms with Crippen LogP contribution in [0.5, 0.6) is 0 Å². The molecule has 1 aromatic heterocycles. The Morgan fingerprint density at radius 2 is 1.62 bits per heavy atom. The Bertz CT molecular complexity index is 1210. The van der Waals surface area contributed by atoms with Gasteiger partial charge in [0, 0.05) is 24.2 Å². The summed E-state index contributed by atoms with van der Waals surface area (Å²) in [6, 6.07) is 11.0. The zero-order valence-corrected chi connectivity index (χ0v) is 17.9. The van der Waals surface area contributed by atoms with Crippen LogP contribution < -0.4 is 5.56 Å². The maximum atomic E-state index is 13.4. The van der Waals surface area contributed by atoms with Crippen molar-refractivity contribution in [2.75, 3.05) is 13.2 Å². The lowest BCUT2D eigenvalue weighted by Crippen LogP contribution is -2.35. The lowest BCUT2D eigenvalue weighted by atomic mass is 10.1. The van der Waals surface area contributed by atoms with Gasteiger partial charge in [-0.1, -0.05) is 29.3 Å². The molecule has 7 heteroatoms. The maximum absolute atomic E-state index is 13.4. The number of hydrogen-bond acceptors (Lipinski definition) is 4. The minimum Gasteiger partial charge on any atom is -0.395 e. The van der Waals surface area contributed by atoms with Crippen molar-refractivity contribution in [2.45, 2.75) is 39.1 Å². The molecule has 0 unspecified atom stereocenters. The average Bonchev–Trinajstić information content (AvgIpc) is 2.61. The predicted molar refractivity (Wildman–Crippen MR) is 115 cm³/mol. The molecule has 0 saturated carbocycles. The number of aliphatic hydroxyl groups excluding tert-OH is 1. The maximum Gasteiger partial charge on any atom is 0.252 e. The first-order valence-electron chi connectivity index (χ1n) is 9.45. The number of benzene rings is 2. The first-order valence-corrected chi connectivity index (χ1v) is 10.9. The molecular weight excluding hydrogens is 388 g/mol. The van der Waals surface area contributed by atoms with Crippen LogP contribution in [0.15, 0.2) is 46.1 Å². The third kappa shape index (κ3) is 4.27. The van der Waals surface area contributed by atoms with Crippen LogP contribution in [0, 0.1) is 27.7 Å². The molecule has 6 nitrogen and oxygen atoms in total. The summed E-state index contributed by atoms with van der Waals surface area (Å²) < 4.78 is 28.0. The molecule has 0 radical (unpaired) electrons. The van der Waals surface area contributed by atoms with E-state index in [2.05, 4.69) is 4.98 Å². The predicted octanol–water partition coefficient (Wildman–Crippen LogP) is 2.94. The number of aromatic nitrogens is 1. The van der Waals surface area contributed by atoms with Crippen LogP contribution in [-0.4, -0.2) is 36.0 Å². The number of aryl methyl sites for hydroxylation is 4. The summed E-state index contributed by atoms with van der Waals surface area (Å²) in [6.07, 6.45) is 0. The van der Waals surface area contributed by atoms with Gasteiger partial charge in [0.05, 0.1) is 11.5 Å². The molecule has 1 heterocycles. The fraction of sp³-hybridized carbons (Fsp3) is 0.318. The molecule has 0 spiro atoms. The molecule has 0 bridgehead atoms. The van der Waals surface area contributed by atoms with Crippen molar-refractivity contribution in [1.82, 2.24) is 9.29 Å². The molecule has 154 valence electrons. The lowest BCUT2D eigenvalue weighted by molar-refractivity contribution is 0.250. The van der Waals surface area contributed by atoms with Gasteiger partial charge in [-0.25, -0.2) is 8.42 Å². The number of nitrogens with zero attached hydrogens (tertiary/aromatic N) is 1. The van der Waals surface area contributed by atoms with Crippen LogP contribution in [0.1, 0.15) is 27.8 Å². The van der Waals surface area contributed by atoms with E-state index >= 15 is 0 Å². The molecule has 3 rings (SSSR count). The summed E-state index contributed by atoms with van der Waals surface area (Å²) in [5.41, 5.74) is 4.02. The topological polar surface area (TPSA) is 90.5 Å². The quantitative estimate of drug-likeness (QED) is 0.649. The number of fused-ring (bicyclic) bond motifs is 1. The normalized spacial score (nSPS) is 12.1. The van der Waals surface area contributed by atoms with Crippen molar-refractivity contribution >= 4 is 20.9 Å². The second-order valence-corrected chi connectivity index (χ2v) is 9.38. The number of pyridine rings is 1. The molecule has 2 aromatic carbocycles. The van der Waals surface area contributed by atoms with E-state index < -0.39 is 10.0 Å². The van der Waals surface area contributed by atoms with E-state index in [-0.39, 0.29) is 30.2 Å². The summed E-state index contributed by atoms with van der Waals surface area (Å²) in [4.78, 5) is 15.6. The average molecular weight is 415 g/mol. The molecule has 29 heavy (non-hydrogen) atoms. The van der Waals surface area contributed by atoms with Crippen LogP contribution in [0.2, 0.25) is 0 Å². The molecule has 0 amide bonds. The zero-order valence-electron chi connectivity index (χ0n) is 17.1. The number of rotatable bonds is 6. The van der Waals surface area contributed by atoms with Crippen LogP contribution in [0.4, 0.5) is 0 Å². The highest BCUT2D eigenvalue weighted by Crippen LogP contribution is 2.26. The molecule has 3 aromatic rings. The van der Waals surface area contributed by atoms with E-state index in [1.807, 2.05) is 44.2 Å². The molecule has 0 fully saturated rings. The van der Waals surface area contributed by atoms with Crippen molar-refractivity contribution in [1.29, 1.82) is 0 Å². The number of sulfonamides is 1. The third-order valence-electron chi connectivity index (χ3n) is 4.98. The molecule has 0 atom stereocenters. The van der Waals surface area contributed by atoms with Gasteiger partial charge in [0.25, 0.3) is 5.56 Å². The van der Waals surface area contributed by atoms with Crippen LogP contribution in [-0.2, 0) is 16.6 Å². The number of H-pyrrole nitrogens is 1. The van der Waals surface area contributed by atoms with Crippen LogP contribution in [0.3, 0.4) is 0 Å². The zero-order chi connectivity index (χ0) is 21.3. The van der Waals surface area contributed by atoms with Crippen LogP contribution in [0.25, 0.3) is 10.9 Å².